The molecule has 190 valence electrons. The summed E-state index contributed by atoms with van der Waals surface area (Å²) in [7, 11) is -2.54. The maximum absolute atomic E-state index is 13.7. The molecule has 0 aliphatic rings. The molecule has 0 heterocycles. The minimum atomic E-state index is -4.05. The molecule has 0 fully saturated rings. The Morgan fingerprint density at radius 1 is 0.917 bits per heavy atom. The van der Waals surface area contributed by atoms with Gasteiger partial charge >= 0.3 is 0 Å². The molecule has 36 heavy (non-hydrogen) atoms. The van der Waals surface area contributed by atoms with E-state index in [1.54, 1.807) is 37.3 Å². The highest BCUT2D eigenvalue weighted by molar-refractivity contribution is 7.92. The molecule has 7 nitrogen and oxygen atoms in total. The third-order valence-electron chi connectivity index (χ3n) is 6.26. The molecule has 0 aromatic heterocycles. The SMILES string of the molecule is CCc1ccc(N(CC(=O)N(Cc2ccccc2C)[C@@H](C)C(=O)NC)S(=O)(=O)c2ccccc2)cc1. The van der Waals surface area contributed by atoms with E-state index >= 15 is 0 Å². The number of hydrogen-bond donors (Lipinski definition) is 1. The Balaban J connectivity index is 2.03. The standard InChI is InChI=1S/C28H33N3O4S/c1-5-23-15-17-25(18-16-23)31(36(34,35)26-13-7-6-8-14-26)20-27(32)30(22(3)28(33)29-4)19-24-12-10-9-11-21(24)2/h6-18,22H,5,19-20H2,1-4H3,(H,29,33)/t22-/m0/s1. The molecule has 3 aromatic rings. The number of anilines is 1. The van der Waals surface area contributed by atoms with E-state index in [4.69, 9.17) is 0 Å². The van der Waals surface area contributed by atoms with Crippen molar-refractivity contribution in [1.29, 1.82) is 0 Å². The first-order valence-electron chi connectivity index (χ1n) is 11.9. The summed E-state index contributed by atoms with van der Waals surface area (Å²) in [5.41, 5.74) is 3.29. The molecule has 0 unspecified atom stereocenters. The topological polar surface area (TPSA) is 86.8 Å². The van der Waals surface area contributed by atoms with E-state index in [2.05, 4.69) is 5.32 Å². The van der Waals surface area contributed by atoms with Crippen LogP contribution in [0.4, 0.5) is 5.69 Å². The summed E-state index contributed by atoms with van der Waals surface area (Å²) in [6.45, 7) is 5.32. The highest BCUT2D eigenvalue weighted by Crippen LogP contribution is 2.25. The quantitative estimate of drug-likeness (QED) is 0.451. The van der Waals surface area contributed by atoms with Gasteiger partial charge in [-0.05, 0) is 61.2 Å². The first kappa shape index (κ1) is 26.9. The van der Waals surface area contributed by atoms with Crippen molar-refractivity contribution in [2.75, 3.05) is 17.9 Å². The van der Waals surface area contributed by atoms with Crippen LogP contribution in [0.15, 0.2) is 83.8 Å². The second-order valence-corrected chi connectivity index (χ2v) is 10.4. The van der Waals surface area contributed by atoms with Gasteiger partial charge in [0.15, 0.2) is 0 Å². The number of likely N-dealkylation sites (N-methyl/N-ethyl adjacent to an activating group) is 1. The Morgan fingerprint density at radius 3 is 2.11 bits per heavy atom. The summed E-state index contributed by atoms with van der Waals surface area (Å²) in [6.07, 6.45) is 0.804. The van der Waals surface area contributed by atoms with Gasteiger partial charge in [0.2, 0.25) is 11.8 Å². The van der Waals surface area contributed by atoms with Crippen LogP contribution in [0.1, 0.15) is 30.5 Å². The van der Waals surface area contributed by atoms with Crippen molar-refractivity contribution in [2.45, 2.75) is 44.7 Å². The van der Waals surface area contributed by atoms with Crippen molar-refractivity contribution in [3.05, 3.63) is 95.6 Å². The number of nitrogens with zero attached hydrogens (tertiary/aromatic N) is 2. The Labute approximate surface area is 213 Å². The monoisotopic (exact) mass is 507 g/mol. The molecule has 0 bridgehead atoms. The van der Waals surface area contributed by atoms with Crippen molar-refractivity contribution in [1.82, 2.24) is 10.2 Å². The molecule has 0 aliphatic carbocycles. The maximum atomic E-state index is 13.7. The van der Waals surface area contributed by atoms with Crippen LogP contribution in [0.2, 0.25) is 0 Å². The molecular weight excluding hydrogens is 474 g/mol. The van der Waals surface area contributed by atoms with E-state index in [-0.39, 0.29) is 17.3 Å². The van der Waals surface area contributed by atoms with Crippen LogP contribution in [-0.4, -0.2) is 44.8 Å². The highest BCUT2D eigenvalue weighted by atomic mass is 32.2. The van der Waals surface area contributed by atoms with Crippen molar-refractivity contribution in [3.8, 4) is 0 Å². The fraction of sp³-hybridized carbons (Fsp3) is 0.286. The lowest BCUT2D eigenvalue weighted by molar-refractivity contribution is -0.139. The van der Waals surface area contributed by atoms with Crippen molar-refractivity contribution >= 4 is 27.5 Å². The minimum Gasteiger partial charge on any atom is -0.357 e. The maximum Gasteiger partial charge on any atom is 0.264 e. The molecule has 0 spiro atoms. The van der Waals surface area contributed by atoms with E-state index in [1.807, 2.05) is 50.2 Å². The third kappa shape index (κ3) is 6.12. The molecule has 8 heteroatoms. The average Bonchev–Trinajstić information content (AvgIpc) is 2.90. The van der Waals surface area contributed by atoms with E-state index in [0.29, 0.717) is 5.69 Å². The van der Waals surface area contributed by atoms with E-state index in [1.165, 1.54) is 24.1 Å². The summed E-state index contributed by atoms with van der Waals surface area (Å²) in [6, 6.07) is 22.0. The molecular formula is C28H33N3O4S. The zero-order valence-corrected chi connectivity index (χ0v) is 22.0. The van der Waals surface area contributed by atoms with Crippen molar-refractivity contribution in [2.24, 2.45) is 0 Å². The molecule has 2 amide bonds. The summed E-state index contributed by atoms with van der Waals surface area (Å²) >= 11 is 0. The van der Waals surface area contributed by atoms with Crippen LogP contribution in [0, 0.1) is 6.92 Å². The summed E-state index contributed by atoms with van der Waals surface area (Å²) < 4.78 is 28.5. The Morgan fingerprint density at radius 2 is 1.53 bits per heavy atom. The van der Waals surface area contributed by atoms with Gasteiger partial charge in [-0.15, -0.1) is 0 Å². The second kappa shape index (κ2) is 11.9. The van der Waals surface area contributed by atoms with Crippen LogP contribution in [0.5, 0.6) is 0 Å². The average molecular weight is 508 g/mol. The van der Waals surface area contributed by atoms with Gasteiger partial charge in [0.25, 0.3) is 10.0 Å². The highest BCUT2D eigenvalue weighted by Gasteiger charge is 2.32. The number of benzene rings is 3. The number of carbonyl (C=O) groups is 2. The normalized spacial score (nSPS) is 12.0. The smallest absolute Gasteiger partial charge is 0.264 e. The van der Waals surface area contributed by atoms with Crippen LogP contribution in [-0.2, 0) is 32.6 Å². The number of rotatable bonds is 10. The number of sulfonamides is 1. The summed E-state index contributed by atoms with van der Waals surface area (Å²) in [5, 5.41) is 2.59. The Kier molecular flexibility index (Phi) is 8.88. The van der Waals surface area contributed by atoms with Crippen LogP contribution in [0.25, 0.3) is 0 Å². The predicted octanol–water partition coefficient (Wildman–Crippen LogP) is 3.92. The lowest BCUT2D eigenvalue weighted by atomic mass is 10.1. The number of carbonyl (C=O) groups excluding carboxylic acids is 2. The van der Waals surface area contributed by atoms with Gasteiger partial charge in [0.05, 0.1) is 10.6 Å². The van der Waals surface area contributed by atoms with Gasteiger partial charge < -0.3 is 10.2 Å². The van der Waals surface area contributed by atoms with Crippen molar-refractivity contribution in [3.63, 3.8) is 0 Å². The molecule has 0 radical (unpaired) electrons. The van der Waals surface area contributed by atoms with Gasteiger partial charge in [-0.1, -0.05) is 61.5 Å². The van der Waals surface area contributed by atoms with Crippen LogP contribution in [0.3, 0.4) is 0 Å². The minimum absolute atomic E-state index is 0.0853. The molecule has 1 N–H and O–H groups in total. The second-order valence-electron chi connectivity index (χ2n) is 8.58. The number of hydrogen-bond acceptors (Lipinski definition) is 4. The number of nitrogens with one attached hydrogen (secondary N) is 1. The van der Waals surface area contributed by atoms with Crippen LogP contribution >= 0.6 is 0 Å². The summed E-state index contributed by atoms with van der Waals surface area (Å²) in [4.78, 5) is 27.8. The predicted molar refractivity (Wildman–Crippen MR) is 142 cm³/mol. The van der Waals surface area contributed by atoms with E-state index in [0.717, 1.165) is 27.4 Å². The van der Waals surface area contributed by atoms with Gasteiger partial charge in [0.1, 0.15) is 12.6 Å². The van der Waals surface area contributed by atoms with Crippen LogP contribution < -0.4 is 9.62 Å². The van der Waals surface area contributed by atoms with Gasteiger partial charge in [-0.3, -0.25) is 13.9 Å². The first-order valence-corrected chi connectivity index (χ1v) is 13.3. The Bertz CT molecular complexity index is 1290. The Hall–Kier alpha value is -3.65. The fourth-order valence-electron chi connectivity index (χ4n) is 3.91. The van der Waals surface area contributed by atoms with E-state index in [9.17, 15) is 18.0 Å². The zero-order valence-electron chi connectivity index (χ0n) is 21.1. The molecule has 1 atom stereocenters. The lowest BCUT2D eigenvalue weighted by Gasteiger charge is -2.32. The zero-order chi connectivity index (χ0) is 26.3. The first-order chi connectivity index (χ1) is 17.2. The van der Waals surface area contributed by atoms with Gasteiger partial charge in [0, 0.05) is 13.6 Å². The molecule has 3 rings (SSSR count). The molecule has 3 aromatic carbocycles. The third-order valence-corrected chi connectivity index (χ3v) is 8.05. The number of amides is 2. The molecule has 0 aliphatic heterocycles. The lowest BCUT2D eigenvalue weighted by Crippen LogP contribution is -2.50. The largest absolute Gasteiger partial charge is 0.357 e. The number of aryl methyl sites for hydroxylation is 2. The molecule has 0 saturated heterocycles. The van der Waals surface area contributed by atoms with Gasteiger partial charge in [-0.2, -0.15) is 0 Å². The molecule has 0 saturated carbocycles. The van der Waals surface area contributed by atoms with E-state index < -0.39 is 28.5 Å². The fourth-order valence-corrected chi connectivity index (χ4v) is 5.34. The van der Waals surface area contributed by atoms with Crippen molar-refractivity contribution < 1.29 is 18.0 Å². The summed E-state index contributed by atoms with van der Waals surface area (Å²) in [5.74, 6) is -0.810. The van der Waals surface area contributed by atoms with Gasteiger partial charge in [-0.25, -0.2) is 8.42 Å².